The molecule has 0 unspecified atom stereocenters. The number of nitrogens with zero attached hydrogens (tertiary/aromatic N) is 4. The molecule has 8 nitrogen and oxygen atoms in total. The Morgan fingerprint density at radius 3 is 2.60 bits per heavy atom. The van der Waals surface area contributed by atoms with Gasteiger partial charge in [-0.25, -0.2) is 4.98 Å². The van der Waals surface area contributed by atoms with Crippen LogP contribution in [0.3, 0.4) is 0 Å². The van der Waals surface area contributed by atoms with E-state index in [-0.39, 0.29) is 22.3 Å². The number of imidazole rings is 1. The Labute approximate surface area is 234 Å². The topological polar surface area (TPSA) is 84.3 Å². The molecule has 1 aliphatic rings. The number of pyridine rings is 1. The van der Waals surface area contributed by atoms with Gasteiger partial charge in [-0.3, -0.25) is 9.78 Å². The number of fused-ring (bicyclic) bond motifs is 1. The number of aryl methyl sites for hydroxylation is 1. The Morgan fingerprint density at radius 1 is 1.05 bits per heavy atom. The summed E-state index contributed by atoms with van der Waals surface area (Å²) in [7, 11) is 1.75. The fourth-order valence-corrected chi connectivity index (χ4v) is 4.86. The zero-order valence-corrected chi connectivity index (χ0v) is 22.5. The molecule has 5 rings (SSSR count). The van der Waals surface area contributed by atoms with Crippen molar-refractivity contribution in [2.24, 2.45) is 7.05 Å². The van der Waals surface area contributed by atoms with Crippen LogP contribution in [0.1, 0.15) is 35.3 Å². The fourth-order valence-electron chi connectivity index (χ4n) is 4.64. The number of ether oxygens (including phenoxy) is 1. The maximum Gasteiger partial charge on any atom is 0.417 e. The molecule has 0 atom stereocenters. The number of hydrogen-bond donors (Lipinski definition) is 2. The van der Waals surface area contributed by atoms with Crippen LogP contribution in [0.4, 0.5) is 24.8 Å². The number of aromatic nitrogens is 3. The number of anilines is 2. The highest BCUT2D eigenvalue weighted by atomic mass is 35.5. The first kappa shape index (κ1) is 27.7. The summed E-state index contributed by atoms with van der Waals surface area (Å²) >= 11 is 5.73. The van der Waals surface area contributed by atoms with E-state index in [4.69, 9.17) is 16.3 Å². The molecule has 4 aromatic rings. The number of likely N-dealkylation sites (tertiary alicyclic amines) is 1. The number of carbonyl (C=O) groups is 1. The lowest BCUT2D eigenvalue weighted by molar-refractivity contribution is -0.137. The van der Waals surface area contributed by atoms with Gasteiger partial charge in [0.1, 0.15) is 17.2 Å². The normalized spacial score (nSPS) is 14.3. The lowest BCUT2D eigenvalue weighted by Crippen LogP contribution is -2.37. The second-order valence-electron chi connectivity index (χ2n) is 9.60. The highest BCUT2D eigenvalue weighted by molar-refractivity contribution is 6.31. The van der Waals surface area contributed by atoms with E-state index >= 15 is 0 Å². The number of nitrogens with one attached hydrogen (secondary N) is 2. The molecule has 1 amide bonds. The Morgan fingerprint density at radius 2 is 1.82 bits per heavy atom. The third kappa shape index (κ3) is 6.48. The van der Waals surface area contributed by atoms with Crippen molar-refractivity contribution in [2.75, 3.05) is 31.5 Å². The molecule has 12 heteroatoms. The van der Waals surface area contributed by atoms with E-state index in [1.807, 2.05) is 0 Å². The first-order valence-corrected chi connectivity index (χ1v) is 13.3. The monoisotopic (exact) mass is 572 g/mol. The van der Waals surface area contributed by atoms with Crippen molar-refractivity contribution >= 4 is 40.2 Å². The van der Waals surface area contributed by atoms with Gasteiger partial charge in [-0.15, -0.1) is 0 Å². The number of rotatable bonds is 8. The first-order chi connectivity index (χ1) is 19.2. The second kappa shape index (κ2) is 11.7. The van der Waals surface area contributed by atoms with Gasteiger partial charge in [-0.1, -0.05) is 18.0 Å². The maximum absolute atomic E-state index is 13.3. The minimum absolute atomic E-state index is 0.199. The molecule has 2 aromatic carbocycles. The summed E-state index contributed by atoms with van der Waals surface area (Å²) < 4.78 is 47.5. The van der Waals surface area contributed by atoms with Crippen LogP contribution in [-0.2, 0) is 13.2 Å². The summed E-state index contributed by atoms with van der Waals surface area (Å²) in [5, 5.41) is 5.47. The molecule has 0 aliphatic carbocycles. The van der Waals surface area contributed by atoms with E-state index in [1.54, 1.807) is 41.9 Å². The van der Waals surface area contributed by atoms with E-state index < -0.39 is 11.7 Å². The van der Waals surface area contributed by atoms with Crippen LogP contribution in [0.15, 0.2) is 54.7 Å². The number of alkyl halides is 3. The van der Waals surface area contributed by atoms with Crippen molar-refractivity contribution in [3.63, 3.8) is 0 Å². The Hall–Kier alpha value is -3.83. The van der Waals surface area contributed by atoms with Gasteiger partial charge in [0.25, 0.3) is 5.91 Å². The number of carbonyl (C=O) groups excluding carboxylic acids is 1. The number of piperidine rings is 1. The van der Waals surface area contributed by atoms with Gasteiger partial charge < -0.3 is 24.8 Å². The number of hydrogen-bond acceptors (Lipinski definition) is 6. The second-order valence-corrected chi connectivity index (χ2v) is 10.0. The summed E-state index contributed by atoms with van der Waals surface area (Å²) in [5.41, 5.74) is 0.828. The fraction of sp³-hybridized carbons (Fsp3) is 0.321. The molecule has 0 bridgehead atoms. The average Bonchev–Trinajstić information content (AvgIpc) is 3.23. The van der Waals surface area contributed by atoms with E-state index in [0.717, 1.165) is 31.2 Å². The summed E-state index contributed by atoms with van der Waals surface area (Å²) in [6, 6.07) is 12.1. The van der Waals surface area contributed by atoms with Crippen LogP contribution in [0.2, 0.25) is 5.02 Å². The maximum atomic E-state index is 13.3. The van der Waals surface area contributed by atoms with Gasteiger partial charge in [-0.05, 0) is 62.3 Å². The highest BCUT2D eigenvalue weighted by Crippen LogP contribution is 2.37. The van der Waals surface area contributed by atoms with Crippen LogP contribution in [0, 0.1) is 0 Å². The zero-order valence-electron chi connectivity index (χ0n) is 21.8. The third-order valence-electron chi connectivity index (χ3n) is 6.74. The SMILES string of the molecule is Cn1c(Nc2ccc(Cl)c(C(F)(F)F)c2)nc2cc(Oc3ccnc(C(=O)NCCN4CCCCC4)c3)ccc21. The lowest BCUT2D eigenvalue weighted by Gasteiger charge is -2.26. The van der Waals surface area contributed by atoms with E-state index in [2.05, 4.69) is 25.5 Å². The highest BCUT2D eigenvalue weighted by Gasteiger charge is 2.33. The van der Waals surface area contributed by atoms with Crippen LogP contribution >= 0.6 is 11.6 Å². The number of halogens is 4. The van der Waals surface area contributed by atoms with Crippen LogP contribution in [0.25, 0.3) is 11.0 Å². The van der Waals surface area contributed by atoms with Crippen molar-refractivity contribution in [1.82, 2.24) is 24.8 Å². The van der Waals surface area contributed by atoms with Gasteiger partial charge in [0.15, 0.2) is 0 Å². The molecule has 1 saturated heterocycles. The van der Waals surface area contributed by atoms with Crippen LogP contribution in [-0.4, -0.2) is 51.5 Å². The molecular weight excluding hydrogens is 545 g/mol. The quantitative estimate of drug-likeness (QED) is 0.254. The van der Waals surface area contributed by atoms with Crippen LogP contribution in [0.5, 0.6) is 11.5 Å². The Balaban J connectivity index is 1.26. The molecule has 2 aromatic heterocycles. The third-order valence-corrected chi connectivity index (χ3v) is 7.07. The van der Waals surface area contributed by atoms with Gasteiger partial charge in [0.2, 0.25) is 5.95 Å². The van der Waals surface area contributed by atoms with Gasteiger partial charge in [0, 0.05) is 44.2 Å². The zero-order chi connectivity index (χ0) is 28.3. The summed E-state index contributed by atoms with van der Waals surface area (Å²) in [5.74, 6) is 0.987. The van der Waals surface area contributed by atoms with Crippen molar-refractivity contribution in [1.29, 1.82) is 0 Å². The van der Waals surface area contributed by atoms with Gasteiger partial charge >= 0.3 is 6.18 Å². The molecule has 0 spiro atoms. The van der Waals surface area contributed by atoms with Crippen molar-refractivity contribution in [3.05, 3.63) is 71.0 Å². The molecule has 0 radical (unpaired) electrons. The summed E-state index contributed by atoms with van der Waals surface area (Å²) in [6.45, 7) is 3.49. The minimum atomic E-state index is -4.58. The van der Waals surface area contributed by atoms with Crippen molar-refractivity contribution in [2.45, 2.75) is 25.4 Å². The molecule has 2 N–H and O–H groups in total. The minimum Gasteiger partial charge on any atom is -0.457 e. The smallest absolute Gasteiger partial charge is 0.417 e. The van der Waals surface area contributed by atoms with E-state index in [1.165, 1.54) is 37.6 Å². The molecular formula is C28H28ClF3N6O2. The standard InChI is InChI=1S/C28H28ClF3N6O2/c1-37-25-8-6-19(16-23(25)36-27(37)35-18-5-7-22(29)21(15-18)28(30,31)32)40-20-9-10-33-24(17-20)26(39)34-11-14-38-12-3-2-4-13-38/h5-10,15-17H,2-4,11-14H2,1H3,(H,34,39)(H,35,36). The Kier molecular flexibility index (Phi) is 8.13. The van der Waals surface area contributed by atoms with E-state index in [9.17, 15) is 18.0 Å². The molecule has 1 fully saturated rings. The predicted octanol–water partition coefficient (Wildman–Crippen LogP) is 6.39. The van der Waals surface area contributed by atoms with Crippen molar-refractivity contribution < 1.29 is 22.7 Å². The molecule has 40 heavy (non-hydrogen) atoms. The molecule has 210 valence electrons. The molecule has 0 saturated carbocycles. The largest absolute Gasteiger partial charge is 0.457 e. The number of amides is 1. The van der Waals surface area contributed by atoms with Gasteiger partial charge in [-0.2, -0.15) is 13.2 Å². The summed E-state index contributed by atoms with van der Waals surface area (Å²) in [4.78, 5) is 23.7. The van der Waals surface area contributed by atoms with Crippen LogP contribution < -0.4 is 15.4 Å². The average molecular weight is 573 g/mol. The Bertz CT molecular complexity index is 1520. The number of benzene rings is 2. The molecule has 1 aliphatic heterocycles. The van der Waals surface area contributed by atoms with Gasteiger partial charge in [0.05, 0.1) is 21.6 Å². The summed E-state index contributed by atoms with van der Waals surface area (Å²) in [6.07, 6.45) is 0.593. The molecule has 3 heterocycles. The van der Waals surface area contributed by atoms with Crippen molar-refractivity contribution in [3.8, 4) is 11.5 Å². The van der Waals surface area contributed by atoms with E-state index in [0.29, 0.717) is 29.5 Å². The lowest BCUT2D eigenvalue weighted by atomic mass is 10.1. The first-order valence-electron chi connectivity index (χ1n) is 12.9. The predicted molar refractivity (Wildman–Crippen MR) is 147 cm³/mol.